The molecule has 9 heteroatoms. The minimum atomic E-state index is -3.89. The van der Waals surface area contributed by atoms with Crippen LogP contribution in [0.25, 0.3) is 0 Å². The normalized spacial score (nSPS) is 11.3. The summed E-state index contributed by atoms with van der Waals surface area (Å²) in [4.78, 5) is 13.2. The minimum absolute atomic E-state index is 0.173. The van der Waals surface area contributed by atoms with Gasteiger partial charge in [-0.15, -0.1) is 0 Å². The summed E-state index contributed by atoms with van der Waals surface area (Å²) in [5.74, 6) is 0. The van der Waals surface area contributed by atoms with Crippen molar-refractivity contribution in [1.82, 2.24) is 4.98 Å². The lowest BCUT2D eigenvalue weighted by Crippen LogP contribution is -2.16. The van der Waals surface area contributed by atoms with Gasteiger partial charge in [-0.25, -0.2) is 8.42 Å². The summed E-state index contributed by atoms with van der Waals surface area (Å²) in [5.41, 5.74) is -0.332. The monoisotopic (exact) mass is 352 g/mol. The van der Waals surface area contributed by atoms with Crippen molar-refractivity contribution in [3.8, 4) is 0 Å². The van der Waals surface area contributed by atoms with Crippen LogP contribution in [0.4, 0.5) is 5.69 Å². The molecule has 0 saturated carbocycles. The predicted octanol–water partition coefficient (Wildman–Crippen LogP) is 3.14. The van der Waals surface area contributed by atoms with Crippen LogP contribution in [0.15, 0.2) is 40.2 Å². The number of sulfonamides is 1. The number of anilines is 1. The standard InChI is InChI=1S/C11H7Cl3N2O3S/c12-8-2-1-6(3-9(8)13)16-20(18,19)7-4-10(14)11(17)15-5-7/h1-5,16H,(H,15,17). The lowest BCUT2D eigenvalue weighted by molar-refractivity contribution is 0.600. The van der Waals surface area contributed by atoms with Crippen LogP contribution < -0.4 is 10.3 Å². The van der Waals surface area contributed by atoms with E-state index in [9.17, 15) is 13.2 Å². The van der Waals surface area contributed by atoms with Gasteiger partial charge in [0, 0.05) is 6.20 Å². The summed E-state index contributed by atoms with van der Waals surface area (Å²) >= 11 is 17.1. The van der Waals surface area contributed by atoms with Crippen LogP contribution in [0.5, 0.6) is 0 Å². The van der Waals surface area contributed by atoms with Crippen molar-refractivity contribution < 1.29 is 8.42 Å². The maximum absolute atomic E-state index is 12.1. The van der Waals surface area contributed by atoms with Gasteiger partial charge in [-0.3, -0.25) is 9.52 Å². The second-order valence-electron chi connectivity index (χ2n) is 3.75. The van der Waals surface area contributed by atoms with Gasteiger partial charge < -0.3 is 4.98 Å². The number of halogens is 3. The fourth-order valence-electron chi connectivity index (χ4n) is 1.37. The highest BCUT2D eigenvalue weighted by atomic mass is 35.5. The van der Waals surface area contributed by atoms with Crippen molar-refractivity contribution >= 4 is 50.5 Å². The molecule has 2 aromatic rings. The van der Waals surface area contributed by atoms with Gasteiger partial charge in [-0.05, 0) is 24.3 Å². The van der Waals surface area contributed by atoms with E-state index >= 15 is 0 Å². The minimum Gasteiger partial charge on any atom is -0.326 e. The van der Waals surface area contributed by atoms with Gasteiger partial charge in [0.1, 0.15) is 9.92 Å². The molecule has 2 rings (SSSR count). The molecule has 0 aliphatic rings. The number of aromatic amines is 1. The van der Waals surface area contributed by atoms with E-state index in [4.69, 9.17) is 34.8 Å². The summed E-state index contributed by atoms with van der Waals surface area (Å²) in [6.07, 6.45) is 1.05. The smallest absolute Gasteiger partial charge is 0.266 e. The predicted molar refractivity (Wildman–Crippen MR) is 79.3 cm³/mol. The van der Waals surface area contributed by atoms with Crippen molar-refractivity contribution in [2.75, 3.05) is 4.72 Å². The van der Waals surface area contributed by atoms with Crippen LogP contribution in [0.2, 0.25) is 15.1 Å². The number of H-pyrrole nitrogens is 1. The molecule has 0 spiro atoms. The zero-order chi connectivity index (χ0) is 14.9. The van der Waals surface area contributed by atoms with Crippen LogP contribution in [-0.4, -0.2) is 13.4 Å². The van der Waals surface area contributed by atoms with Crippen molar-refractivity contribution in [2.45, 2.75) is 4.90 Å². The van der Waals surface area contributed by atoms with Gasteiger partial charge in [-0.1, -0.05) is 34.8 Å². The number of aromatic nitrogens is 1. The van der Waals surface area contributed by atoms with Gasteiger partial charge in [0.15, 0.2) is 0 Å². The number of pyridine rings is 1. The third-order valence-electron chi connectivity index (χ3n) is 2.31. The first-order chi connectivity index (χ1) is 9.29. The van der Waals surface area contributed by atoms with Crippen LogP contribution in [0, 0.1) is 0 Å². The van der Waals surface area contributed by atoms with E-state index in [-0.39, 0.29) is 20.6 Å². The summed E-state index contributed by atoms with van der Waals surface area (Å²) in [6, 6.07) is 5.34. The molecule has 0 atom stereocenters. The number of nitrogens with one attached hydrogen (secondary N) is 2. The maximum Gasteiger partial charge on any atom is 0.266 e. The Kier molecular flexibility index (Phi) is 4.29. The first kappa shape index (κ1) is 15.2. The van der Waals surface area contributed by atoms with Gasteiger partial charge in [0.25, 0.3) is 15.6 Å². The molecule has 0 bridgehead atoms. The number of benzene rings is 1. The molecule has 0 saturated heterocycles. The van der Waals surface area contributed by atoms with Crippen LogP contribution in [-0.2, 0) is 10.0 Å². The Hall–Kier alpha value is -1.21. The zero-order valence-electron chi connectivity index (χ0n) is 9.65. The fraction of sp³-hybridized carbons (Fsp3) is 0. The van der Waals surface area contributed by atoms with Crippen molar-refractivity contribution in [2.24, 2.45) is 0 Å². The summed E-state index contributed by atoms with van der Waals surface area (Å²) in [7, 11) is -3.89. The molecule has 0 aliphatic heterocycles. The molecule has 1 heterocycles. The molecular weight excluding hydrogens is 347 g/mol. The van der Waals surface area contributed by atoms with Gasteiger partial charge in [-0.2, -0.15) is 0 Å². The first-order valence-electron chi connectivity index (χ1n) is 5.16. The topological polar surface area (TPSA) is 79.0 Å². The Balaban J connectivity index is 2.37. The van der Waals surface area contributed by atoms with Crippen molar-refractivity contribution in [3.63, 3.8) is 0 Å². The highest BCUT2D eigenvalue weighted by Gasteiger charge is 2.16. The first-order valence-corrected chi connectivity index (χ1v) is 7.77. The SMILES string of the molecule is O=c1[nH]cc(S(=O)(=O)Nc2ccc(Cl)c(Cl)c2)cc1Cl. The Morgan fingerprint density at radius 3 is 2.30 bits per heavy atom. The molecule has 0 radical (unpaired) electrons. The molecule has 0 aliphatic carbocycles. The molecule has 0 unspecified atom stereocenters. The molecule has 20 heavy (non-hydrogen) atoms. The summed E-state index contributed by atoms with van der Waals surface area (Å²) in [5, 5.41) is 0.301. The lowest BCUT2D eigenvalue weighted by Gasteiger charge is -2.08. The molecule has 5 nitrogen and oxygen atoms in total. The maximum atomic E-state index is 12.1. The van der Waals surface area contributed by atoms with Crippen molar-refractivity contribution in [1.29, 1.82) is 0 Å². The third-order valence-corrected chi connectivity index (χ3v) is 4.69. The molecule has 1 aromatic heterocycles. The van der Waals surface area contributed by atoms with E-state index in [0.29, 0.717) is 5.02 Å². The quantitative estimate of drug-likeness (QED) is 0.889. The Labute approximate surface area is 129 Å². The molecule has 0 amide bonds. The Bertz CT molecular complexity index is 818. The van der Waals surface area contributed by atoms with E-state index < -0.39 is 15.6 Å². The molecule has 0 fully saturated rings. The van der Waals surface area contributed by atoms with Crippen LogP contribution in [0.3, 0.4) is 0 Å². The second-order valence-corrected chi connectivity index (χ2v) is 6.65. The summed E-state index contributed by atoms with van der Waals surface area (Å²) in [6.45, 7) is 0. The summed E-state index contributed by atoms with van der Waals surface area (Å²) < 4.78 is 26.5. The van der Waals surface area contributed by atoms with E-state index in [2.05, 4.69) is 9.71 Å². The molecule has 1 aromatic carbocycles. The van der Waals surface area contributed by atoms with Crippen LogP contribution in [0.1, 0.15) is 0 Å². The van der Waals surface area contributed by atoms with E-state index in [1.165, 1.54) is 18.2 Å². The largest absolute Gasteiger partial charge is 0.326 e. The average Bonchev–Trinajstić information content (AvgIpc) is 2.37. The van der Waals surface area contributed by atoms with Gasteiger partial charge in [0.2, 0.25) is 0 Å². The Morgan fingerprint density at radius 1 is 1.00 bits per heavy atom. The zero-order valence-corrected chi connectivity index (χ0v) is 12.7. The number of hydrogen-bond acceptors (Lipinski definition) is 3. The molecule has 2 N–H and O–H groups in total. The highest BCUT2D eigenvalue weighted by molar-refractivity contribution is 7.92. The number of hydrogen-bond donors (Lipinski definition) is 2. The van der Waals surface area contributed by atoms with E-state index in [1.54, 1.807) is 0 Å². The highest BCUT2D eigenvalue weighted by Crippen LogP contribution is 2.26. The molecular formula is C11H7Cl3N2O3S. The molecule has 106 valence electrons. The van der Waals surface area contributed by atoms with Gasteiger partial charge >= 0.3 is 0 Å². The third kappa shape index (κ3) is 3.27. The lowest BCUT2D eigenvalue weighted by atomic mass is 10.3. The number of rotatable bonds is 3. The van der Waals surface area contributed by atoms with Crippen LogP contribution >= 0.6 is 34.8 Å². The average molecular weight is 354 g/mol. The Morgan fingerprint density at radius 2 is 1.70 bits per heavy atom. The van der Waals surface area contributed by atoms with Gasteiger partial charge in [0.05, 0.1) is 15.7 Å². The van der Waals surface area contributed by atoms with Crippen molar-refractivity contribution in [3.05, 3.63) is 55.9 Å². The van der Waals surface area contributed by atoms with E-state index in [0.717, 1.165) is 12.3 Å². The second kappa shape index (κ2) is 5.65. The van der Waals surface area contributed by atoms with E-state index in [1.807, 2.05) is 0 Å². The fourth-order valence-corrected chi connectivity index (χ4v) is 2.94.